The van der Waals surface area contributed by atoms with Crippen molar-refractivity contribution in [2.45, 2.75) is 0 Å². The quantitative estimate of drug-likeness (QED) is 0.504. The summed E-state index contributed by atoms with van der Waals surface area (Å²) < 4.78 is 12.2. The van der Waals surface area contributed by atoms with E-state index in [0.29, 0.717) is 44.5 Å². The van der Waals surface area contributed by atoms with Crippen LogP contribution in [0.15, 0.2) is 71.5 Å². The lowest BCUT2D eigenvalue weighted by molar-refractivity contribution is 0.414. The van der Waals surface area contributed by atoms with Gasteiger partial charge in [0.2, 0.25) is 0 Å². The van der Waals surface area contributed by atoms with Crippen molar-refractivity contribution >= 4 is 22.6 Å². The predicted molar refractivity (Wildman–Crippen MR) is 111 cm³/mol. The Balaban J connectivity index is 2.06. The lowest BCUT2D eigenvalue weighted by Gasteiger charge is -2.14. The van der Waals surface area contributed by atoms with Crippen LogP contribution >= 0.6 is 11.6 Å². The summed E-state index contributed by atoms with van der Waals surface area (Å²) in [6.45, 7) is 0. The molecule has 0 aliphatic rings. The van der Waals surface area contributed by atoms with Crippen LogP contribution in [0, 0.1) is 0 Å². The van der Waals surface area contributed by atoms with E-state index in [2.05, 4.69) is 4.98 Å². The maximum absolute atomic E-state index is 13.4. The highest BCUT2D eigenvalue weighted by Gasteiger charge is 2.15. The first-order valence-corrected chi connectivity index (χ1v) is 8.99. The molecule has 0 saturated heterocycles. The van der Waals surface area contributed by atoms with Gasteiger partial charge in [-0.3, -0.25) is 9.36 Å². The Kier molecular flexibility index (Phi) is 4.75. The summed E-state index contributed by atoms with van der Waals surface area (Å²) in [4.78, 5) is 18.0. The highest BCUT2D eigenvalue weighted by atomic mass is 35.5. The Morgan fingerprint density at radius 2 is 1.61 bits per heavy atom. The minimum atomic E-state index is -0.242. The van der Waals surface area contributed by atoms with E-state index in [1.54, 1.807) is 43.1 Å². The molecule has 6 heteroatoms. The number of fused-ring (bicyclic) bond motifs is 1. The number of halogens is 1. The van der Waals surface area contributed by atoms with Gasteiger partial charge >= 0.3 is 0 Å². The zero-order chi connectivity index (χ0) is 19.7. The number of ether oxygens (including phenoxy) is 2. The van der Waals surface area contributed by atoms with Crippen LogP contribution in [-0.4, -0.2) is 23.8 Å². The Labute approximate surface area is 166 Å². The van der Waals surface area contributed by atoms with Crippen molar-refractivity contribution in [1.29, 1.82) is 0 Å². The van der Waals surface area contributed by atoms with Crippen molar-refractivity contribution in [3.63, 3.8) is 0 Å². The smallest absolute Gasteiger partial charge is 0.282 e. The third-order valence-electron chi connectivity index (χ3n) is 4.49. The predicted octanol–water partition coefficient (Wildman–Crippen LogP) is 4.72. The molecular weight excluding hydrogens is 376 g/mol. The lowest BCUT2D eigenvalue weighted by Crippen LogP contribution is -2.22. The molecule has 3 aromatic carbocycles. The van der Waals surface area contributed by atoms with Gasteiger partial charge in [0.1, 0.15) is 17.2 Å². The van der Waals surface area contributed by atoms with Crippen LogP contribution in [0.5, 0.6) is 11.5 Å². The molecule has 0 atom stereocenters. The van der Waals surface area contributed by atoms with E-state index in [1.807, 2.05) is 42.5 Å². The molecule has 0 aliphatic carbocycles. The zero-order valence-corrected chi connectivity index (χ0v) is 16.1. The van der Waals surface area contributed by atoms with Gasteiger partial charge in [0.15, 0.2) is 0 Å². The summed E-state index contributed by atoms with van der Waals surface area (Å²) in [5.41, 5.74) is 2.78. The van der Waals surface area contributed by atoms with Gasteiger partial charge in [0, 0.05) is 22.3 Å². The van der Waals surface area contributed by atoms with Crippen LogP contribution in [-0.2, 0) is 0 Å². The third-order valence-corrected chi connectivity index (χ3v) is 4.73. The van der Waals surface area contributed by atoms with Gasteiger partial charge < -0.3 is 9.47 Å². The van der Waals surface area contributed by atoms with E-state index in [4.69, 9.17) is 21.1 Å². The molecule has 0 aliphatic heterocycles. The van der Waals surface area contributed by atoms with E-state index < -0.39 is 0 Å². The van der Waals surface area contributed by atoms with E-state index in [0.717, 1.165) is 0 Å². The van der Waals surface area contributed by atoms with Gasteiger partial charge in [-0.15, -0.1) is 0 Å². The number of aromatic nitrogens is 2. The second-order valence-electron chi connectivity index (χ2n) is 6.16. The maximum atomic E-state index is 13.4. The number of nitrogens with zero attached hydrogens (tertiary/aromatic N) is 2. The van der Waals surface area contributed by atoms with Crippen LogP contribution in [0.4, 0.5) is 0 Å². The largest absolute Gasteiger partial charge is 0.497 e. The number of hydrogen-bond donors (Lipinski definition) is 0. The van der Waals surface area contributed by atoms with Crippen LogP contribution in [0.3, 0.4) is 0 Å². The molecule has 0 radical (unpaired) electrons. The van der Waals surface area contributed by atoms with Crippen molar-refractivity contribution < 1.29 is 9.47 Å². The van der Waals surface area contributed by atoms with Crippen molar-refractivity contribution in [2.24, 2.45) is 0 Å². The van der Waals surface area contributed by atoms with Crippen LogP contribution in [0.25, 0.3) is 28.0 Å². The molecule has 0 bridgehead atoms. The molecule has 4 rings (SSSR count). The molecule has 4 aromatic rings. The van der Waals surface area contributed by atoms with E-state index in [-0.39, 0.29) is 5.56 Å². The molecule has 140 valence electrons. The van der Waals surface area contributed by atoms with Gasteiger partial charge in [0.25, 0.3) is 5.56 Å². The molecular formula is C22H17ClN2O3. The Hall–Kier alpha value is -3.31. The summed E-state index contributed by atoms with van der Waals surface area (Å²) in [5, 5.41) is 0.546. The van der Waals surface area contributed by atoms with E-state index in [9.17, 15) is 4.79 Å². The van der Waals surface area contributed by atoms with Crippen molar-refractivity contribution in [3.8, 4) is 28.4 Å². The average Bonchev–Trinajstić information content (AvgIpc) is 2.73. The molecule has 28 heavy (non-hydrogen) atoms. The molecule has 0 amide bonds. The van der Waals surface area contributed by atoms with Gasteiger partial charge in [-0.1, -0.05) is 23.7 Å². The highest BCUT2D eigenvalue weighted by molar-refractivity contribution is 6.30. The van der Waals surface area contributed by atoms with Crippen LogP contribution < -0.4 is 15.0 Å². The van der Waals surface area contributed by atoms with Gasteiger partial charge in [-0.25, -0.2) is 4.98 Å². The third kappa shape index (κ3) is 3.21. The van der Waals surface area contributed by atoms with Crippen molar-refractivity contribution in [3.05, 3.63) is 82.1 Å². The molecule has 0 fully saturated rings. The maximum Gasteiger partial charge on any atom is 0.282 e. The fourth-order valence-corrected chi connectivity index (χ4v) is 3.29. The Morgan fingerprint density at radius 3 is 2.29 bits per heavy atom. The second-order valence-corrected chi connectivity index (χ2v) is 6.60. The fraction of sp³-hybridized carbons (Fsp3) is 0.0909. The molecule has 0 saturated carbocycles. The van der Waals surface area contributed by atoms with Gasteiger partial charge in [-0.05, 0) is 48.5 Å². The molecule has 5 nitrogen and oxygen atoms in total. The summed E-state index contributed by atoms with van der Waals surface area (Å²) in [5.74, 6) is 1.36. The lowest BCUT2D eigenvalue weighted by atomic mass is 10.1. The van der Waals surface area contributed by atoms with Crippen molar-refractivity contribution in [1.82, 2.24) is 9.55 Å². The Bertz CT molecular complexity index is 1220. The van der Waals surface area contributed by atoms with Crippen molar-refractivity contribution in [2.75, 3.05) is 14.2 Å². The highest BCUT2D eigenvalue weighted by Crippen LogP contribution is 2.26. The fourth-order valence-electron chi connectivity index (χ4n) is 3.10. The molecule has 0 unspecified atom stereocenters. The normalized spacial score (nSPS) is 10.8. The summed E-state index contributed by atoms with van der Waals surface area (Å²) in [6, 6.07) is 19.9. The second kappa shape index (κ2) is 7.37. The topological polar surface area (TPSA) is 53.4 Å². The SMILES string of the molecule is COc1ccc(-n2c(=O)c(-c3cccc(Cl)c3)nc3ccc(OC)cc32)cc1. The first-order chi connectivity index (χ1) is 13.6. The zero-order valence-electron chi connectivity index (χ0n) is 15.3. The number of hydrogen-bond acceptors (Lipinski definition) is 4. The minimum absolute atomic E-state index is 0.242. The van der Waals surface area contributed by atoms with Crippen LogP contribution in [0.1, 0.15) is 0 Å². The van der Waals surface area contributed by atoms with Gasteiger partial charge in [-0.2, -0.15) is 0 Å². The van der Waals surface area contributed by atoms with E-state index in [1.165, 1.54) is 0 Å². The number of methoxy groups -OCH3 is 2. The molecule has 1 heterocycles. The molecule has 0 spiro atoms. The van der Waals surface area contributed by atoms with E-state index >= 15 is 0 Å². The molecule has 0 N–H and O–H groups in total. The summed E-state index contributed by atoms with van der Waals surface area (Å²) in [6.07, 6.45) is 0. The number of benzene rings is 3. The average molecular weight is 393 g/mol. The standard InChI is InChI=1S/C22H17ClN2O3/c1-27-17-8-6-16(7-9-17)25-20-13-18(28-2)10-11-19(20)24-21(22(25)26)14-4-3-5-15(23)12-14/h3-13H,1-2H3. The first kappa shape index (κ1) is 18.1. The Morgan fingerprint density at radius 1 is 0.893 bits per heavy atom. The van der Waals surface area contributed by atoms with Gasteiger partial charge in [0.05, 0.1) is 25.3 Å². The first-order valence-electron chi connectivity index (χ1n) is 8.62. The summed E-state index contributed by atoms with van der Waals surface area (Å²) in [7, 11) is 3.19. The molecule has 1 aromatic heterocycles. The monoisotopic (exact) mass is 392 g/mol. The minimum Gasteiger partial charge on any atom is -0.497 e. The van der Waals surface area contributed by atoms with Crippen LogP contribution in [0.2, 0.25) is 5.02 Å². The number of rotatable bonds is 4. The summed E-state index contributed by atoms with van der Waals surface area (Å²) >= 11 is 6.13.